The quantitative estimate of drug-likeness (QED) is 0.655. The number of nitrogens with zero attached hydrogens (tertiary/aromatic N) is 3. The SMILES string of the molecule is COc1ccccc1-c1nn(S(=O)(=O)[C@@H](C)C(C)C)c2nccc(Cl)c12. The van der Waals surface area contributed by atoms with Crippen LogP contribution in [0.3, 0.4) is 0 Å². The smallest absolute Gasteiger partial charge is 0.258 e. The monoisotopic (exact) mass is 393 g/mol. The van der Waals surface area contributed by atoms with E-state index in [1.165, 1.54) is 6.20 Å². The van der Waals surface area contributed by atoms with Gasteiger partial charge in [-0.1, -0.05) is 37.6 Å². The molecule has 0 fully saturated rings. The Hall–Kier alpha value is -2.12. The molecule has 0 radical (unpaired) electrons. The molecule has 0 aliphatic heterocycles. The lowest BCUT2D eigenvalue weighted by molar-refractivity contribution is 0.416. The lowest BCUT2D eigenvalue weighted by Crippen LogP contribution is -2.30. The number of aromatic nitrogens is 3. The van der Waals surface area contributed by atoms with Crippen LogP contribution in [0.5, 0.6) is 5.75 Å². The summed E-state index contributed by atoms with van der Waals surface area (Å²) in [5, 5.41) is 4.65. The molecule has 0 saturated carbocycles. The van der Waals surface area contributed by atoms with E-state index in [9.17, 15) is 8.42 Å². The van der Waals surface area contributed by atoms with E-state index in [2.05, 4.69) is 10.1 Å². The van der Waals surface area contributed by atoms with Gasteiger partial charge in [-0.05, 0) is 31.0 Å². The van der Waals surface area contributed by atoms with Crippen molar-refractivity contribution in [2.75, 3.05) is 7.11 Å². The minimum absolute atomic E-state index is 0.0758. The average molecular weight is 394 g/mol. The molecule has 0 bridgehead atoms. The molecule has 0 spiro atoms. The number of para-hydroxylation sites is 1. The number of ether oxygens (including phenoxy) is 1. The van der Waals surface area contributed by atoms with Crippen LogP contribution in [0.4, 0.5) is 0 Å². The minimum Gasteiger partial charge on any atom is -0.496 e. The molecule has 6 nitrogen and oxygen atoms in total. The Morgan fingerprint density at radius 1 is 1.15 bits per heavy atom. The third kappa shape index (κ3) is 2.95. The van der Waals surface area contributed by atoms with Gasteiger partial charge in [0.25, 0.3) is 10.0 Å². The van der Waals surface area contributed by atoms with E-state index in [-0.39, 0.29) is 11.6 Å². The number of benzene rings is 1. The first-order valence-electron chi connectivity index (χ1n) is 8.20. The van der Waals surface area contributed by atoms with Gasteiger partial charge < -0.3 is 4.74 Å². The van der Waals surface area contributed by atoms with Crippen molar-refractivity contribution in [2.45, 2.75) is 26.0 Å². The largest absolute Gasteiger partial charge is 0.496 e. The van der Waals surface area contributed by atoms with E-state index >= 15 is 0 Å². The van der Waals surface area contributed by atoms with Gasteiger partial charge in [0.1, 0.15) is 11.4 Å². The van der Waals surface area contributed by atoms with Gasteiger partial charge in [0.15, 0.2) is 5.65 Å². The fourth-order valence-electron chi connectivity index (χ4n) is 2.69. The highest BCUT2D eigenvalue weighted by Gasteiger charge is 2.31. The van der Waals surface area contributed by atoms with E-state index < -0.39 is 15.3 Å². The van der Waals surface area contributed by atoms with Crippen LogP contribution in [0.15, 0.2) is 36.5 Å². The average Bonchev–Trinajstić information content (AvgIpc) is 3.02. The summed E-state index contributed by atoms with van der Waals surface area (Å²) in [4.78, 5) is 4.25. The van der Waals surface area contributed by atoms with Gasteiger partial charge in [-0.15, -0.1) is 4.09 Å². The van der Waals surface area contributed by atoms with Gasteiger partial charge in [-0.25, -0.2) is 13.4 Å². The number of methoxy groups -OCH3 is 1. The summed E-state index contributed by atoms with van der Waals surface area (Å²) in [5.41, 5.74) is 1.29. The minimum atomic E-state index is -3.74. The molecule has 0 aliphatic rings. The van der Waals surface area contributed by atoms with Crippen molar-refractivity contribution in [3.8, 4) is 17.0 Å². The van der Waals surface area contributed by atoms with Crippen LogP contribution < -0.4 is 4.74 Å². The summed E-state index contributed by atoms with van der Waals surface area (Å²) >= 11 is 6.38. The first kappa shape index (κ1) is 18.7. The van der Waals surface area contributed by atoms with E-state index in [4.69, 9.17) is 16.3 Å². The number of hydrogen-bond donors (Lipinski definition) is 0. The number of pyridine rings is 1. The molecule has 0 aliphatic carbocycles. The van der Waals surface area contributed by atoms with Crippen LogP contribution in [-0.4, -0.2) is 34.9 Å². The van der Waals surface area contributed by atoms with Crippen molar-refractivity contribution < 1.29 is 13.2 Å². The highest BCUT2D eigenvalue weighted by molar-refractivity contribution is 7.90. The Morgan fingerprint density at radius 3 is 2.50 bits per heavy atom. The van der Waals surface area contributed by atoms with Gasteiger partial charge in [0.05, 0.1) is 22.8 Å². The first-order valence-corrected chi connectivity index (χ1v) is 10.1. The van der Waals surface area contributed by atoms with Crippen molar-refractivity contribution in [3.63, 3.8) is 0 Å². The van der Waals surface area contributed by atoms with Gasteiger partial charge >= 0.3 is 0 Å². The lowest BCUT2D eigenvalue weighted by atomic mass is 10.1. The Bertz CT molecular complexity index is 1060. The lowest BCUT2D eigenvalue weighted by Gasteiger charge is -2.16. The van der Waals surface area contributed by atoms with Crippen molar-refractivity contribution in [1.29, 1.82) is 0 Å². The third-order valence-corrected chi connectivity index (χ3v) is 7.04. The van der Waals surface area contributed by atoms with Gasteiger partial charge in [0, 0.05) is 11.8 Å². The molecule has 3 aromatic rings. The molecule has 2 aromatic heterocycles. The Labute approximate surface area is 157 Å². The van der Waals surface area contributed by atoms with E-state index in [0.29, 0.717) is 27.4 Å². The molecule has 3 rings (SSSR count). The summed E-state index contributed by atoms with van der Waals surface area (Å²) < 4.78 is 32.6. The summed E-state index contributed by atoms with van der Waals surface area (Å²) in [7, 11) is -2.19. The summed E-state index contributed by atoms with van der Waals surface area (Å²) in [6.07, 6.45) is 1.48. The van der Waals surface area contributed by atoms with Crippen LogP contribution in [0.2, 0.25) is 5.02 Å². The zero-order valence-corrected chi connectivity index (χ0v) is 16.5. The molecule has 2 heterocycles. The Balaban J connectivity index is 2.38. The van der Waals surface area contributed by atoms with Crippen LogP contribution >= 0.6 is 11.6 Å². The molecular formula is C18H20ClN3O3S. The number of rotatable bonds is 5. The van der Waals surface area contributed by atoms with Gasteiger partial charge in [-0.3, -0.25) is 0 Å². The standard InChI is InChI=1S/C18H20ClN3O3S/c1-11(2)12(3)26(23,24)22-18-16(14(19)9-10-20-18)17(21-22)13-7-5-6-8-15(13)25-4/h5-12H,1-4H3/t12-/m0/s1. The van der Waals surface area contributed by atoms with Crippen LogP contribution in [-0.2, 0) is 10.0 Å². The fraction of sp³-hybridized carbons (Fsp3) is 0.333. The van der Waals surface area contributed by atoms with Crippen molar-refractivity contribution in [3.05, 3.63) is 41.6 Å². The van der Waals surface area contributed by atoms with Crippen molar-refractivity contribution >= 4 is 32.7 Å². The second-order valence-corrected chi connectivity index (χ2v) is 8.90. The predicted octanol–water partition coefficient (Wildman–Crippen LogP) is 3.98. The van der Waals surface area contributed by atoms with Crippen LogP contribution in [0, 0.1) is 5.92 Å². The molecular weight excluding hydrogens is 374 g/mol. The zero-order valence-electron chi connectivity index (χ0n) is 15.0. The third-order valence-electron chi connectivity index (χ3n) is 4.50. The maximum atomic E-state index is 13.1. The van der Waals surface area contributed by atoms with E-state index in [1.807, 2.05) is 32.0 Å². The van der Waals surface area contributed by atoms with E-state index in [1.54, 1.807) is 26.2 Å². The normalized spacial score (nSPS) is 13.3. The molecule has 0 N–H and O–H groups in total. The predicted molar refractivity (Wildman–Crippen MR) is 103 cm³/mol. The molecule has 8 heteroatoms. The summed E-state index contributed by atoms with van der Waals surface area (Å²) in [6, 6.07) is 8.88. The number of fused-ring (bicyclic) bond motifs is 1. The Morgan fingerprint density at radius 2 is 1.85 bits per heavy atom. The molecule has 1 aromatic carbocycles. The highest BCUT2D eigenvalue weighted by Crippen LogP contribution is 2.37. The zero-order chi connectivity index (χ0) is 19.1. The number of halogens is 1. The molecule has 1 atom stereocenters. The maximum Gasteiger partial charge on any atom is 0.258 e. The fourth-order valence-corrected chi connectivity index (χ4v) is 4.50. The van der Waals surface area contributed by atoms with Gasteiger partial charge in [-0.2, -0.15) is 5.10 Å². The van der Waals surface area contributed by atoms with Crippen LogP contribution in [0.1, 0.15) is 20.8 Å². The van der Waals surface area contributed by atoms with Crippen molar-refractivity contribution in [2.24, 2.45) is 5.92 Å². The van der Waals surface area contributed by atoms with Crippen LogP contribution in [0.25, 0.3) is 22.3 Å². The topological polar surface area (TPSA) is 74.1 Å². The number of hydrogen-bond acceptors (Lipinski definition) is 5. The molecule has 0 saturated heterocycles. The first-order chi connectivity index (χ1) is 12.3. The maximum absolute atomic E-state index is 13.1. The van der Waals surface area contributed by atoms with Crippen molar-refractivity contribution in [1.82, 2.24) is 14.2 Å². The highest BCUT2D eigenvalue weighted by atomic mass is 35.5. The second kappa shape index (κ2) is 6.89. The molecule has 26 heavy (non-hydrogen) atoms. The molecule has 138 valence electrons. The molecule has 0 unspecified atom stereocenters. The second-order valence-electron chi connectivity index (χ2n) is 6.38. The van der Waals surface area contributed by atoms with Gasteiger partial charge in [0.2, 0.25) is 0 Å². The summed E-state index contributed by atoms with van der Waals surface area (Å²) in [6.45, 7) is 5.38. The summed E-state index contributed by atoms with van der Waals surface area (Å²) in [5.74, 6) is 0.501. The Kier molecular flexibility index (Phi) is 4.94. The van der Waals surface area contributed by atoms with E-state index in [0.717, 1.165) is 4.09 Å². The molecule has 0 amide bonds.